The van der Waals surface area contributed by atoms with Crippen LogP contribution >= 0.6 is 0 Å². The van der Waals surface area contributed by atoms with Gasteiger partial charge in [-0.2, -0.15) is 15.1 Å². The molecular formula is C20H26N8. The first kappa shape index (κ1) is 18.2. The lowest BCUT2D eigenvalue weighted by atomic mass is 10.0. The van der Waals surface area contributed by atoms with Crippen molar-refractivity contribution in [1.29, 1.82) is 0 Å². The third-order valence-electron chi connectivity index (χ3n) is 5.17. The first-order valence-corrected chi connectivity index (χ1v) is 9.47. The van der Waals surface area contributed by atoms with Gasteiger partial charge >= 0.3 is 0 Å². The number of piperazine rings is 1. The molecule has 0 saturated carbocycles. The van der Waals surface area contributed by atoms with Crippen molar-refractivity contribution in [2.45, 2.75) is 20.4 Å². The summed E-state index contributed by atoms with van der Waals surface area (Å²) < 4.78 is 1.96. The molecule has 0 radical (unpaired) electrons. The number of nitrogens with zero attached hydrogens (tertiary/aromatic N) is 6. The van der Waals surface area contributed by atoms with Crippen LogP contribution in [-0.2, 0) is 6.54 Å². The minimum atomic E-state index is 0.219. The highest BCUT2D eigenvalue weighted by molar-refractivity contribution is 5.51. The van der Waals surface area contributed by atoms with Crippen LogP contribution in [0.15, 0.2) is 36.7 Å². The van der Waals surface area contributed by atoms with E-state index in [1.54, 1.807) is 6.07 Å². The summed E-state index contributed by atoms with van der Waals surface area (Å²) in [7, 11) is 0. The predicted molar refractivity (Wildman–Crippen MR) is 111 cm³/mol. The summed E-state index contributed by atoms with van der Waals surface area (Å²) in [6, 6.07) is 8.19. The van der Waals surface area contributed by atoms with Crippen molar-refractivity contribution in [3.8, 4) is 5.69 Å². The van der Waals surface area contributed by atoms with Crippen LogP contribution in [0.3, 0.4) is 0 Å². The van der Waals surface area contributed by atoms with E-state index < -0.39 is 0 Å². The van der Waals surface area contributed by atoms with E-state index in [2.05, 4.69) is 50.8 Å². The number of benzene rings is 1. The molecule has 1 aliphatic rings. The van der Waals surface area contributed by atoms with Crippen molar-refractivity contribution in [2.75, 3.05) is 42.5 Å². The van der Waals surface area contributed by atoms with E-state index in [0.29, 0.717) is 5.82 Å². The maximum Gasteiger partial charge on any atom is 0.223 e. The molecule has 8 heteroatoms. The lowest BCUT2D eigenvalue weighted by Gasteiger charge is -2.36. The Morgan fingerprint density at radius 1 is 1.00 bits per heavy atom. The monoisotopic (exact) mass is 378 g/mol. The van der Waals surface area contributed by atoms with Gasteiger partial charge in [0.15, 0.2) is 0 Å². The largest absolute Gasteiger partial charge is 0.383 e. The lowest BCUT2D eigenvalue weighted by Crippen LogP contribution is -2.46. The highest BCUT2D eigenvalue weighted by Gasteiger charge is 2.21. The highest BCUT2D eigenvalue weighted by Crippen LogP contribution is 2.24. The molecule has 3 aromatic rings. The molecule has 0 unspecified atom stereocenters. The zero-order valence-corrected chi connectivity index (χ0v) is 16.3. The number of nitrogen functional groups attached to an aromatic ring is 2. The Labute approximate surface area is 164 Å². The molecular weight excluding hydrogens is 352 g/mol. The van der Waals surface area contributed by atoms with Crippen molar-refractivity contribution < 1.29 is 0 Å². The van der Waals surface area contributed by atoms with Gasteiger partial charge in [0, 0.05) is 51.2 Å². The van der Waals surface area contributed by atoms with Crippen molar-refractivity contribution in [3.63, 3.8) is 0 Å². The van der Waals surface area contributed by atoms with Crippen LogP contribution < -0.4 is 16.4 Å². The molecule has 28 heavy (non-hydrogen) atoms. The van der Waals surface area contributed by atoms with Gasteiger partial charge in [0.2, 0.25) is 5.95 Å². The fraction of sp³-hybridized carbons (Fsp3) is 0.350. The van der Waals surface area contributed by atoms with E-state index in [1.807, 2.05) is 23.1 Å². The summed E-state index contributed by atoms with van der Waals surface area (Å²) in [5.41, 5.74) is 16.6. The molecule has 1 aromatic carbocycles. The van der Waals surface area contributed by atoms with E-state index >= 15 is 0 Å². The second-order valence-electron chi connectivity index (χ2n) is 7.30. The topological polar surface area (TPSA) is 102 Å². The molecule has 4 rings (SSSR count). The standard InChI is InChI=1S/C20H26N8/c1-14-10-15(2)16(17(11-14)28-5-3-4-23-28)13-26-6-8-27(9-7-26)19-12-18(21)24-20(22)25-19/h3-5,10-12H,6-9,13H2,1-2H3,(H4,21,22,24,25). The molecule has 2 aromatic heterocycles. The van der Waals surface area contributed by atoms with Gasteiger partial charge in [-0.15, -0.1) is 0 Å². The van der Waals surface area contributed by atoms with Gasteiger partial charge in [0.1, 0.15) is 11.6 Å². The third kappa shape index (κ3) is 3.77. The molecule has 1 aliphatic heterocycles. The van der Waals surface area contributed by atoms with E-state index in [0.717, 1.165) is 44.2 Å². The van der Waals surface area contributed by atoms with E-state index in [9.17, 15) is 0 Å². The van der Waals surface area contributed by atoms with Crippen LogP contribution in [0.4, 0.5) is 17.6 Å². The molecule has 0 bridgehead atoms. The van der Waals surface area contributed by atoms with Crippen LogP contribution in [0.5, 0.6) is 0 Å². The van der Waals surface area contributed by atoms with Gasteiger partial charge in [-0.05, 0) is 42.7 Å². The summed E-state index contributed by atoms with van der Waals surface area (Å²) in [6.45, 7) is 8.82. The first-order chi connectivity index (χ1) is 13.5. The van der Waals surface area contributed by atoms with E-state index in [4.69, 9.17) is 11.5 Å². The molecule has 3 heterocycles. The quantitative estimate of drug-likeness (QED) is 0.713. The Bertz CT molecular complexity index is 938. The zero-order valence-electron chi connectivity index (χ0n) is 16.3. The van der Waals surface area contributed by atoms with Crippen molar-refractivity contribution in [3.05, 3.63) is 53.3 Å². The predicted octanol–water partition coefficient (Wildman–Crippen LogP) is 1.77. The SMILES string of the molecule is Cc1cc(C)c(CN2CCN(c3cc(N)nc(N)n3)CC2)c(-n2cccn2)c1. The van der Waals surface area contributed by atoms with Crippen LogP contribution in [0, 0.1) is 13.8 Å². The second kappa shape index (κ2) is 7.47. The Balaban J connectivity index is 1.50. The number of hydrogen-bond acceptors (Lipinski definition) is 7. The number of rotatable bonds is 4. The maximum absolute atomic E-state index is 5.81. The van der Waals surface area contributed by atoms with Gasteiger partial charge in [0.25, 0.3) is 0 Å². The number of aromatic nitrogens is 4. The Morgan fingerprint density at radius 2 is 1.79 bits per heavy atom. The molecule has 0 aliphatic carbocycles. The second-order valence-corrected chi connectivity index (χ2v) is 7.30. The van der Waals surface area contributed by atoms with Crippen LogP contribution in [-0.4, -0.2) is 50.8 Å². The zero-order chi connectivity index (χ0) is 19.7. The fourth-order valence-corrected chi connectivity index (χ4v) is 3.79. The molecule has 1 fully saturated rings. The third-order valence-corrected chi connectivity index (χ3v) is 5.17. The Kier molecular flexibility index (Phi) is 4.87. The van der Waals surface area contributed by atoms with Crippen molar-refractivity contribution in [2.24, 2.45) is 0 Å². The molecule has 0 amide bonds. The van der Waals surface area contributed by atoms with E-state index in [1.165, 1.54) is 16.7 Å². The van der Waals surface area contributed by atoms with Crippen molar-refractivity contribution >= 4 is 17.6 Å². The van der Waals surface area contributed by atoms with Crippen molar-refractivity contribution in [1.82, 2.24) is 24.6 Å². The maximum atomic E-state index is 5.81. The fourth-order valence-electron chi connectivity index (χ4n) is 3.79. The van der Waals surface area contributed by atoms with Crippen LogP contribution in [0.2, 0.25) is 0 Å². The summed E-state index contributed by atoms with van der Waals surface area (Å²) in [4.78, 5) is 12.9. The Hall–Kier alpha value is -3.13. The molecule has 146 valence electrons. The molecule has 4 N–H and O–H groups in total. The summed E-state index contributed by atoms with van der Waals surface area (Å²) >= 11 is 0. The van der Waals surface area contributed by atoms with Gasteiger partial charge in [-0.25, -0.2) is 4.68 Å². The van der Waals surface area contributed by atoms with Crippen LogP contribution in [0.1, 0.15) is 16.7 Å². The number of nitrogens with two attached hydrogens (primary N) is 2. The first-order valence-electron chi connectivity index (χ1n) is 9.47. The summed E-state index contributed by atoms with van der Waals surface area (Å²) in [6.07, 6.45) is 3.82. The average molecular weight is 378 g/mol. The van der Waals surface area contributed by atoms with Gasteiger partial charge in [0.05, 0.1) is 5.69 Å². The number of aryl methyl sites for hydroxylation is 2. The normalized spacial score (nSPS) is 15.1. The smallest absolute Gasteiger partial charge is 0.223 e. The lowest BCUT2D eigenvalue weighted by molar-refractivity contribution is 0.248. The van der Waals surface area contributed by atoms with Gasteiger partial charge < -0.3 is 16.4 Å². The average Bonchev–Trinajstić information content (AvgIpc) is 3.18. The molecule has 0 spiro atoms. The minimum absolute atomic E-state index is 0.219. The van der Waals surface area contributed by atoms with Gasteiger partial charge in [-0.1, -0.05) is 6.07 Å². The highest BCUT2D eigenvalue weighted by atomic mass is 15.3. The minimum Gasteiger partial charge on any atom is -0.383 e. The molecule has 1 saturated heterocycles. The molecule has 0 atom stereocenters. The van der Waals surface area contributed by atoms with E-state index in [-0.39, 0.29) is 5.95 Å². The summed E-state index contributed by atoms with van der Waals surface area (Å²) in [5, 5.41) is 4.44. The van der Waals surface area contributed by atoms with Crippen LogP contribution in [0.25, 0.3) is 5.69 Å². The number of hydrogen-bond donors (Lipinski definition) is 2. The number of anilines is 3. The van der Waals surface area contributed by atoms with Gasteiger partial charge in [-0.3, -0.25) is 4.90 Å². The Morgan fingerprint density at radius 3 is 2.46 bits per heavy atom. The summed E-state index contributed by atoms with van der Waals surface area (Å²) in [5.74, 6) is 1.43. The molecule has 8 nitrogen and oxygen atoms in total.